The van der Waals surface area contributed by atoms with Crippen LogP contribution in [-0.2, 0) is 4.79 Å². The Bertz CT molecular complexity index is 649. The van der Waals surface area contributed by atoms with Crippen molar-refractivity contribution in [3.63, 3.8) is 0 Å². The van der Waals surface area contributed by atoms with Crippen molar-refractivity contribution >= 4 is 23.2 Å². The number of hydrogen-bond donors (Lipinski definition) is 1. The molecule has 1 heterocycles. The Labute approximate surface area is 155 Å². The van der Waals surface area contributed by atoms with Gasteiger partial charge < -0.3 is 10.2 Å². The van der Waals surface area contributed by atoms with Crippen LogP contribution < -0.4 is 10.2 Å². The molecule has 25 heavy (non-hydrogen) atoms. The highest BCUT2D eigenvalue weighted by atomic mass is 35.5. The molecule has 1 amide bonds. The number of carbonyl (C=O) groups is 1. The van der Waals surface area contributed by atoms with Gasteiger partial charge in [-0.05, 0) is 38.0 Å². The number of benzene rings is 1. The van der Waals surface area contributed by atoms with Crippen molar-refractivity contribution < 1.29 is 4.79 Å². The van der Waals surface area contributed by atoms with Crippen molar-refractivity contribution in [1.82, 2.24) is 10.2 Å². The molecule has 1 fully saturated rings. The molecule has 1 aliphatic rings. The van der Waals surface area contributed by atoms with Gasteiger partial charge in [-0.15, -0.1) is 0 Å². The number of nitrogens with one attached hydrogen (secondary N) is 1. The van der Waals surface area contributed by atoms with Gasteiger partial charge in [-0.1, -0.05) is 31.5 Å². The number of hydrogen-bond acceptors (Lipinski definition) is 4. The minimum Gasteiger partial charge on any atom is -0.369 e. The Hall–Kier alpha value is -1.77. The van der Waals surface area contributed by atoms with E-state index in [4.69, 9.17) is 11.6 Å². The van der Waals surface area contributed by atoms with E-state index in [0.717, 1.165) is 36.9 Å². The van der Waals surface area contributed by atoms with Crippen molar-refractivity contribution in [1.29, 1.82) is 5.26 Å². The Morgan fingerprint density at radius 2 is 1.92 bits per heavy atom. The topological polar surface area (TPSA) is 59.4 Å². The molecule has 1 aromatic rings. The molecule has 0 aromatic heterocycles. The van der Waals surface area contributed by atoms with Crippen LogP contribution >= 0.6 is 11.6 Å². The van der Waals surface area contributed by atoms with Gasteiger partial charge in [-0.3, -0.25) is 9.69 Å². The molecule has 6 heteroatoms. The average molecular weight is 363 g/mol. The van der Waals surface area contributed by atoms with Crippen molar-refractivity contribution in [2.24, 2.45) is 5.92 Å². The van der Waals surface area contributed by atoms with Crippen LogP contribution in [0.5, 0.6) is 0 Å². The summed E-state index contributed by atoms with van der Waals surface area (Å²) in [5, 5.41) is 13.0. The molecule has 0 unspecified atom stereocenters. The highest BCUT2D eigenvalue weighted by Crippen LogP contribution is 2.22. The summed E-state index contributed by atoms with van der Waals surface area (Å²) in [6.07, 6.45) is 0. The third kappa shape index (κ3) is 4.65. The molecule has 1 aliphatic heterocycles. The zero-order chi connectivity index (χ0) is 18.6. The summed E-state index contributed by atoms with van der Waals surface area (Å²) in [4.78, 5) is 17.0. The Morgan fingerprint density at radius 3 is 2.44 bits per heavy atom. The molecule has 1 saturated heterocycles. The van der Waals surface area contributed by atoms with Crippen LogP contribution in [-0.4, -0.2) is 48.6 Å². The minimum absolute atomic E-state index is 0.0494. The molecule has 0 radical (unpaired) electrons. The zero-order valence-corrected chi connectivity index (χ0v) is 16.2. The summed E-state index contributed by atoms with van der Waals surface area (Å²) in [5.41, 5.74) is 0.273. The monoisotopic (exact) mass is 362 g/mol. The van der Waals surface area contributed by atoms with Gasteiger partial charge in [-0.25, -0.2) is 0 Å². The van der Waals surface area contributed by atoms with Gasteiger partial charge in [0.2, 0.25) is 5.91 Å². The zero-order valence-electron chi connectivity index (χ0n) is 15.4. The van der Waals surface area contributed by atoms with Gasteiger partial charge >= 0.3 is 0 Å². The smallest absolute Gasteiger partial charge is 0.238 e. The third-order valence-corrected chi connectivity index (χ3v) is 5.42. The van der Waals surface area contributed by atoms with E-state index >= 15 is 0 Å². The fourth-order valence-electron chi connectivity index (χ4n) is 2.87. The number of nitriles is 1. The van der Waals surface area contributed by atoms with E-state index in [1.165, 1.54) is 0 Å². The SMILES string of the molecule is CC(C)[C@@](C)(C#N)NC(=O)[C@@H](C)N1CCN(c2cccc(Cl)c2)CC1. The van der Waals surface area contributed by atoms with Gasteiger partial charge in [0.1, 0.15) is 5.54 Å². The summed E-state index contributed by atoms with van der Waals surface area (Å²) in [6.45, 7) is 10.9. The number of amides is 1. The second kappa shape index (κ2) is 8.07. The molecule has 2 rings (SSSR count). The fourth-order valence-corrected chi connectivity index (χ4v) is 3.05. The first-order valence-corrected chi connectivity index (χ1v) is 9.12. The molecule has 0 saturated carbocycles. The van der Waals surface area contributed by atoms with Gasteiger partial charge in [0, 0.05) is 36.9 Å². The summed E-state index contributed by atoms with van der Waals surface area (Å²) in [7, 11) is 0. The van der Waals surface area contributed by atoms with E-state index in [9.17, 15) is 10.1 Å². The van der Waals surface area contributed by atoms with Crippen molar-refractivity contribution in [2.75, 3.05) is 31.1 Å². The molecule has 5 nitrogen and oxygen atoms in total. The number of anilines is 1. The summed E-state index contributed by atoms with van der Waals surface area (Å²) in [5.74, 6) is -0.0396. The second-order valence-electron chi connectivity index (χ2n) is 7.14. The highest BCUT2D eigenvalue weighted by Gasteiger charge is 2.33. The van der Waals surface area contributed by atoms with E-state index in [1.54, 1.807) is 6.92 Å². The van der Waals surface area contributed by atoms with Crippen LogP contribution in [0.1, 0.15) is 27.7 Å². The summed E-state index contributed by atoms with van der Waals surface area (Å²) < 4.78 is 0. The van der Waals surface area contributed by atoms with Gasteiger partial charge in [0.25, 0.3) is 0 Å². The average Bonchev–Trinajstić information content (AvgIpc) is 2.60. The largest absolute Gasteiger partial charge is 0.369 e. The van der Waals surface area contributed by atoms with E-state index < -0.39 is 5.54 Å². The molecule has 0 aliphatic carbocycles. The molecular formula is C19H27ClN4O. The number of nitrogens with zero attached hydrogens (tertiary/aromatic N) is 3. The fraction of sp³-hybridized carbons (Fsp3) is 0.579. The van der Waals surface area contributed by atoms with Crippen LogP contribution in [0.2, 0.25) is 5.02 Å². The van der Waals surface area contributed by atoms with Crippen molar-refractivity contribution in [3.05, 3.63) is 29.3 Å². The lowest BCUT2D eigenvalue weighted by Gasteiger charge is -2.39. The third-order valence-electron chi connectivity index (χ3n) is 5.18. The van der Waals surface area contributed by atoms with Gasteiger partial charge in [0.05, 0.1) is 12.1 Å². The van der Waals surface area contributed by atoms with E-state index in [2.05, 4.69) is 27.3 Å². The molecule has 0 spiro atoms. The summed E-state index contributed by atoms with van der Waals surface area (Å²) >= 11 is 6.07. The van der Waals surface area contributed by atoms with Crippen LogP contribution in [0.25, 0.3) is 0 Å². The molecule has 0 bridgehead atoms. The Kier molecular flexibility index (Phi) is 6.31. The molecule has 2 atom stereocenters. The standard InChI is InChI=1S/C19H27ClN4O/c1-14(2)19(4,13-21)22-18(25)15(3)23-8-10-24(11-9-23)17-7-5-6-16(20)12-17/h5-7,12,14-15H,8-11H2,1-4H3,(H,22,25)/t15-,19-/m1/s1. The normalized spacial score (nSPS) is 19.2. The first kappa shape index (κ1) is 19.6. The first-order valence-electron chi connectivity index (χ1n) is 8.74. The lowest BCUT2D eigenvalue weighted by atomic mass is 9.89. The highest BCUT2D eigenvalue weighted by molar-refractivity contribution is 6.30. The molecule has 1 aromatic carbocycles. The quantitative estimate of drug-likeness (QED) is 0.874. The van der Waals surface area contributed by atoms with Crippen molar-refractivity contribution in [3.8, 4) is 6.07 Å². The van der Waals surface area contributed by atoms with Crippen molar-refractivity contribution in [2.45, 2.75) is 39.3 Å². The predicted molar refractivity (Wildman–Crippen MR) is 102 cm³/mol. The number of carbonyl (C=O) groups excluding carboxylic acids is 1. The van der Waals surface area contributed by atoms with Gasteiger partial charge in [-0.2, -0.15) is 5.26 Å². The molecular weight excluding hydrogens is 336 g/mol. The molecule has 1 N–H and O–H groups in total. The molecule has 136 valence electrons. The van der Waals surface area contributed by atoms with Crippen LogP contribution in [0.4, 0.5) is 5.69 Å². The predicted octanol–water partition coefficient (Wildman–Crippen LogP) is 2.90. The number of piperazine rings is 1. The Morgan fingerprint density at radius 1 is 1.28 bits per heavy atom. The first-order chi connectivity index (χ1) is 11.8. The lowest BCUT2D eigenvalue weighted by molar-refractivity contribution is -0.127. The van der Waals surface area contributed by atoms with Gasteiger partial charge in [0.15, 0.2) is 0 Å². The maximum atomic E-state index is 12.6. The lowest BCUT2D eigenvalue weighted by Crippen LogP contribution is -2.58. The minimum atomic E-state index is -0.839. The van der Waals surface area contributed by atoms with Crippen LogP contribution in [0.15, 0.2) is 24.3 Å². The maximum Gasteiger partial charge on any atom is 0.238 e. The Balaban J connectivity index is 1.93. The van der Waals surface area contributed by atoms with E-state index in [-0.39, 0.29) is 17.9 Å². The van der Waals surface area contributed by atoms with E-state index in [0.29, 0.717) is 0 Å². The maximum absolute atomic E-state index is 12.6. The van der Waals surface area contributed by atoms with E-state index in [1.807, 2.05) is 39.0 Å². The number of halogens is 1. The van der Waals surface area contributed by atoms with Crippen LogP contribution in [0.3, 0.4) is 0 Å². The second-order valence-corrected chi connectivity index (χ2v) is 7.57. The summed E-state index contributed by atoms with van der Waals surface area (Å²) in [6, 6.07) is 9.82. The number of rotatable bonds is 5. The van der Waals surface area contributed by atoms with Crippen LogP contribution in [0, 0.1) is 17.2 Å².